The summed E-state index contributed by atoms with van der Waals surface area (Å²) in [4.78, 5) is 3.98. The Bertz CT molecular complexity index is 516. The zero-order chi connectivity index (χ0) is 13.0. The molecule has 1 heterocycles. The summed E-state index contributed by atoms with van der Waals surface area (Å²) in [5, 5.41) is 3.65. The lowest BCUT2D eigenvalue weighted by atomic mass is 9.99. The number of rotatable bonds is 4. The van der Waals surface area contributed by atoms with Crippen LogP contribution in [-0.4, -0.2) is 12.0 Å². The SMILES string of the molecule is CNC(Cc1ccncc1)c1ccc(F)cc1Cl. The van der Waals surface area contributed by atoms with E-state index in [-0.39, 0.29) is 11.9 Å². The second-order valence-electron chi connectivity index (χ2n) is 4.07. The van der Waals surface area contributed by atoms with Gasteiger partial charge in [-0.1, -0.05) is 17.7 Å². The Morgan fingerprint density at radius 1 is 1.28 bits per heavy atom. The van der Waals surface area contributed by atoms with Crippen LogP contribution < -0.4 is 5.32 Å². The molecule has 2 aromatic rings. The van der Waals surface area contributed by atoms with Gasteiger partial charge in [-0.15, -0.1) is 0 Å². The van der Waals surface area contributed by atoms with Crippen molar-refractivity contribution in [3.8, 4) is 0 Å². The van der Waals surface area contributed by atoms with Crippen LogP contribution in [-0.2, 0) is 6.42 Å². The van der Waals surface area contributed by atoms with Gasteiger partial charge in [0.1, 0.15) is 5.82 Å². The molecule has 0 bridgehead atoms. The van der Waals surface area contributed by atoms with Gasteiger partial charge in [0.25, 0.3) is 0 Å². The molecule has 1 unspecified atom stereocenters. The standard InChI is InChI=1S/C14H14ClFN2/c1-17-14(8-10-4-6-18-7-5-10)12-3-2-11(16)9-13(12)15/h2-7,9,14,17H,8H2,1H3. The predicted octanol–water partition coefficient (Wildman–Crippen LogP) is 3.38. The molecule has 94 valence electrons. The van der Waals surface area contributed by atoms with Gasteiger partial charge in [-0.3, -0.25) is 4.98 Å². The van der Waals surface area contributed by atoms with E-state index >= 15 is 0 Å². The fourth-order valence-corrected chi connectivity index (χ4v) is 2.21. The van der Waals surface area contributed by atoms with E-state index in [1.807, 2.05) is 19.2 Å². The lowest BCUT2D eigenvalue weighted by molar-refractivity contribution is 0.586. The van der Waals surface area contributed by atoms with Crippen LogP contribution in [0.2, 0.25) is 5.02 Å². The number of nitrogens with one attached hydrogen (secondary N) is 1. The summed E-state index contributed by atoms with van der Waals surface area (Å²) >= 11 is 6.08. The van der Waals surface area contributed by atoms with Crippen molar-refractivity contribution in [2.45, 2.75) is 12.5 Å². The van der Waals surface area contributed by atoms with Crippen molar-refractivity contribution in [3.05, 3.63) is 64.7 Å². The average Bonchev–Trinajstić information content (AvgIpc) is 2.38. The summed E-state index contributed by atoms with van der Waals surface area (Å²) < 4.78 is 13.0. The fraction of sp³-hybridized carbons (Fsp3) is 0.214. The second kappa shape index (κ2) is 5.94. The largest absolute Gasteiger partial charge is 0.313 e. The molecule has 1 N–H and O–H groups in total. The highest BCUT2D eigenvalue weighted by Crippen LogP contribution is 2.26. The van der Waals surface area contributed by atoms with E-state index in [4.69, 9.17) is 11.6 Å². The van der Waals surface area contributed by atoms with Crippen LogP contribution in [0.3, 0.4) is 0 Å². The summed E-state index contributed by atoms with van der Waals surface area (Å²) in [6.07, 6.45) is 4.30. The van der Waals surface area contributed by atoms with E-state index in [2.05, 4.69) is 10.3 Å². The highest BCUT2D eigenvalue weighted by Gasteiger charge is 2.14. The van der Waals surface area contributed by atoms with Crippen LogP contribution in [0.25, 0.3) is 0 Å². The minimum atomic E-state index is -0.317. The lowest BCUT2D eigenvalue weighted by Gasteiger charge is -2.18. The van der Waals surface area contributed by atoms with Gasteiger partial charge in [0.15, 0.2) is 0 Å². The maximum absolute atomic E-state index is 13.0. The van der Waals surface area contributed by atoms with E-state index in [1.165, 1.54) is 12.1 Å². The van der Waals surface area contributed by atoms with E-state index < -0.39 is 0 Å². The quantitative estimate of drug-likeness (QED) is 0.916. The third-order valence-electron chi connectivity index (χ3n) is 2.88. The van der Waals surface area contributed by atoms with Gasteiger partial charge in [-0.05, 0) is 48.9 Å². The number of aromatic nitrogens is 1. The smallest absolute Gasteiger partial charge is 0.124 e. The maximum Gasteiger partial charge on any atom is 0.124 e. The van der Waals surface area contributed by atoms with Crippen LogP contribution in [0, 0.1) is 5.82 Å². The van der Waals surface area contributed by atoms with Gasteiger partial charge < -0.3 is 5.32 Å². The van der Waals surface area contributed by atoms with Crippen molar-refractivity contribution in [2.75, 3.05) is 7.05 Å². The minimum Gasteiger partial charge on any atom is -0.313 e. The summed E-state index contributed by atoms with van der Waals surface area (Å²) in [7, 11) is 1.87. The Morgan fingerprint density at radius 2 is 2.00 bits per heavy atom. The summed E-state index contributed by atoms with van der Waals surface area (Å²) in [5.41, 5.74) is 2.06. The van der Waals surface area contributed by atoms with E-state index in [9.17, 15) is 4.39 Å². The van der Waals surface area contributed by atoms with Crippen LogP contribution >= 0.6 is 11.6 Å². The molecule has 1 atom stereocenters. The Morgan fingerprint density at radius 3 is 2.61 bits per heavy atom. The molecule has 0 aliphatic rings. The van der Waals surface area contributed by atoms with Crippen molar-refractivity contribution in [1.29, 1.82) is 0 Å². The number of hydrogen-bond donors (Lipinski definition) is 1. The number of nitrogens with zero attached hydrogens (tertiary/aromatic N) is 1. The van der Waals surface area contributed by atoms with Crippen LogP contribution in [0.4, 0.5) is 4.39 Å². The van der Waals surface area contributed by atoms with Crippen LogP contribution in [0.15, 0.2) is 42.7 Å². The molecule has 2 rings (SSSR count). The van der Waals surface area contributed by atoms with Crippen LogP contribution in [0.5, 0.6) is 0 Å². The van der Waals surface area contributed by atoms with Crippen molar-refractivity contribution >= 4 is 11.6 Å². The van der Waals surface area contributed by atoms with Gasteiger partial charge >= 0.3 is 0 Å². The summed E-state index contributed by atoms with van der Waals surface area (Å²) in [5.74, 6) is -0.317. The molecule has 1 aromatic carbocycles. The molecule has 0 spiro atoms. The summed E-state index contributed by atoms with van der Waals surface area (Å²) in [6.45, 7) is 0. The van der Waals surface area contributed by atoms with Gasteiger partial charge in [0.05, 0.1) is 0 Å². The third kappa shape index (κ3) is 3.06. The van der Waals surface area contributed by atoms with Crippen molar-refractivity contribution in [1.82, 2.24) is 10.3 Å². The Balaban J connectivity index is 2.23. The van der Waals surface area contributed by atoms with Gasteiger partial charge in [-0.2, -0.15) is 0 Å². The molecular formula is C14H14ClFN2. The number of pyridine rings is 1. The number of benzene rings is 1. The number of likely N-dealkylation sites (N-methyl/N-ethyl adjacent to an activating group) is 1. The average molecular weight is 265 g/mol. The molecule has 18 heavy (non-hydrogen) atoms. The molecule has 0 amide bonds. The molecule has 1 aromatic heterocycles. The zero-order valence-electron chi connectivity index (χ0n) is 10.0. The summed E-state index contributed by atoms with van der Waals surface area (Å²) in [6, 6.07) is 8.47. The minimum absolute atomic E-state index is 0.0560. The Hall–Kier alpha value is -1.45. The number of hydrogen-bond acceptors (Lipinski definition) is 2. The van der Waals surface area contributed by atoms with E-state index in [0.717, 1.165) is 17.5 Å². The van der Waals surface area contributed by atoms with Gasteiger partial charge in [0, 0.05) is 23.5 Å². The molecule has 4 heteroatoms. The Labute approximate surface area is 111 Å². The molecule has 0 saturated heterocycles. The van der Waals surface area contributed by atoms with Gasteiger partial charge in [-0.25, -0.2) is 4.39 Å². The normalized spacial score (nSPS) is 12.4. The maximum atomic E-state index is 13.0. The molecule has 0 radical (unpaired) electrons. The molecular weight excluding hydrogens is 251 g/mol. The first kappa shape index (κ1) is 13.0. The van der Waals surface area contributed by atoms with Crippen LogP contribution in [0.1, 0.15) is 17.2 Å². The van der Waals surface area contributed by atoms with Crippen molar-refractivity contribution < 1.29 is 4.39 Å². The molecule has 0 aliphatic heterocycles. The van der Waals surface area contributed by atoms with Crippen molar-refractivity contribution in [2.24, 2.45) is 0 Å². The van der Waals surface area contributed by atoms with Gasteiger partial charge in [0.2, 0.25) is 0 Å². The molecule has 0 fully saturated rings. The highest BCUT2D eigenvalue weighted by molar-refractivity contribution is 6.31. The highest BCUT2D eigenvalue weighted by atomic mass is 35.5. The monoisotopic (exact) mass is 264 g/mol. The molecule has 0 aliphatic carbocycles. The molecule has 2 nitrogen and oxygen atoms in total. The number of halogens is 2. The first-order chi connectivity index (χ1) is 8.70. The second-order valence-corrected chi connectivity index (χ2v) is 4.47. The fourth-order valence-electron chi connectivity index (χ4n) is 1.91. The zero-order valence-corrected chi connectivity index (χ0v) is 10.8. The Kier molecular flexibility index (Phi) is 4.28. The third-order valence-corrected chi connectivity index (χ3v) is 3.20. The van der Waals surface area contributed by atoms with E-state index in [0.29, 0.717) is 5.02 Å². The van der Waals surface area contributed by atoms with E-state index in [1.54, 1.807) is 18.5 Å². The molecule has 0 saturated carbocycles. The lowest BCUT2D eigenvalue weighted by Crippen LogP contribution is -2.19. The van der Waals surface area contributed by atoms with Crippen molar-refractivity contribution in [3.63, 3.8) is 0 Å². The first-order valence-electron chi connectivity index (χ1n) is 5.72. The first-order valence-corrected chi connectivity index (χ1v) is 6.09. The topological polar surface area (TPSA) is 24.9 Å². The predicted molar refractivity (Wildman–Crippen MR) is 71.2 cm³/mol.